The molecule has 1 aromatic heterocycles. The van der Waals surface area contributed by atoms with Crippen LogP contribution in [0.2, 0.25) is 5.02 Å². The quantitative estimate of drug-likeness (QED) is 0.0787. The fourth-order valence-electron chi connectivity index (χ4n) is 4.04. The lowest BCUT2D eigenvalue weighted by molar-refractivity contribution is -0.159. The lowest BCUT2D eigenvalue weighted by atomic mass is 9.91. The summed E-state index contributed by atoms with van der Waals surface area (Å²) < 4.78 is 13.6. The normalized spacial score (nSPS) is 16.2. The summed E-state index contributed by atoms with van der Waals surface area (Å²) in [7, 11) is 0. The van der Waals surface area contributed by atoms with Crippen LogP contribution >= 0.6 is 34.2 Å². The SMILES string of the molecule is O=C(O)C(=O)O.O=C1CN(CCCCNCC(c2ccc(F)cc2)c2c[nH]c3ccc(Cl)cc23)C(I)N1. The van der Waals surface area contributed by atoms with Crippen LogP contribution in [0.15, 0.2) is 48.7 Å². The molecule has 0 saturated carbocycles. The van der Waals surface area contributed by atoms with Gasteiger partial charge in [0.1, 0.15) is 9.99 Å². The number of hydrogen-bond acceptors (Lipinski definition) is 5. The monoisotopic (exact) mass is 644 g/mol. The van der Waals surface area contributed by atoms with Gasteiger partial charge in [-0.05, 0) is 83.4 Å². The van der Waals surface area contributed by atoms with Crippen LogP contribution in [0.3, 0.4) is 0 Å². The first-order chi connectivity index (χ1) is 17.7. The second-order valence-electron chi connectivity index (χ2n) is 8.43. The number of fused-ring (bicyclic) bond motifs is 1. The highest BCUT2D eigenvalue weighted by molar-refractivity contribution is 14.1. The van der Waals surface area contributed by atoms with Crippen molar-refractivity contribution in [1.82, 2.24) is 20.5 Å². The van der Waals surface area contributed by atoms with E-state index < -0.39 is 11.9 Å². The number of carboxylic acids is 2. The zero-order valence-electron chi connectivity index (χ0n) is 19.7. The molecule has 0 radical (unpaired) electrons. The number of aliphatic carboxylic acids is 2. The van der Waals surface area contributed by atoms with Crippen LogP contribution in [0.1, 0.15) is 29.9 Å². The number of rotatable bonds is 9. The number of hydrogen-bond donors (Lipinski definition) is 5. The summed E-state index contributed by atoms with van der Waals surface area (Å²) in [6, 6.07) is 12.6. The van der Waals surface area contributed by atoms with Crippen LogP contribution in [0.4, 0.5) is 4.39 Å². The number of H-pyrrole nitrogens is 1. The van der Waals surface area contributed by atoms with E-state index in [1.807, 2.05) is 36.5 Å². The second kappa shape index (κ2) is 13.7. The topological polar surface area (TPSA) is 135 Å². The van der Waals surface area contributed by atoms with Crippen molar-refractivity contribution < 1.29 is 29.0 Å². The number of carbonyl (C=O) groups is 3. The van der Waals surface area contributed by atoms with Crippen LogP contribution in [0.5, 0.6) is 0 Å². The molecule has 9 nitrogen and oxygen atoms in total. The molecule has 2 atom stereocenters. The van der Waals surface area contributed by atoms with Gasteiger partial charge in [-0.1, -0.05) is 23.7 Å². The average Bonchev–Trinajstić information content (AvgIpc) is 3.41. The van der Waals surface area contributed by atoms with Crippen molar-refractivity contribution in [2.24, 2.45) is 0 Å². The van der Waals surface area contributed by atoms with Gasteiger partial charge in [-0.25, -0.2) is 14.0 Å². The molecule has 198 valence electrons. The maximum absolute atomic E-state index is 13.5. The van der Waals surface area contributed by atoms with Gasteiger partial charge >= 0.3 is 11.9 Å². The molecule has 2 heterocycles. The van der Waals surface area contributed by atoms with E-state index >= 15 is 0 Å². The van der Waals surface area contributed by atoms with E-state index in [0.29, 0.717) is 11.6 Å². The summed E-state index contributed by atoms with van der Waals surface area (Å²) >= 11 is 8.49. The molecule has 5 N–H and O–H groups in total. The molecule has 1 amide bonds. The maximum atomic E-state index is 13.5. The van der Waals surface area contributed by atoms with Crippen molar-refractivity contribution in [1.29, 1.82) is 0 Å². The summed E-state index contributed by atoms with van der Waals surface area (Å²) in [6.45, 7) is 3.00. The van der Waals surface area contributed by atoms with E-state index in [1.54, 1.807) is 0 Å². The standard InChI is InChI=1S/C23H25ClFIN4O.C2H2O4/c24-16-5-8-21-18(11-16)20(13-28-21)19(15-3-6-17(25)7-4-15)12-27-9-1-2-10-30-14-22(31)29-23(30)26;3-1(4)2(5)6/h3-8,11,13,19,23,27-28H,1-2,9-10,12,14H2,(H,29,31);(H,3,4)(H,5,6). The number of halogens is 3. The maximum Gasteiger partial charge on any atom is 0.414 e. The number of aromatic nitrogens is 1. The molecule has 0 aliphatic carbocycles. The highest BCUT2D eigenvalue weighted by Crippen LogP contribution is 2.32. The molecule has 0 spiro atoms. The number of nitrogens with one attached hydrogen (secondary N) is 3. The Morgan fingerprint density at radius 1 is 1.16 bits per heavy atom. The van der Waals surface area contributed by atoms with Gasteiger partial charge in [-0.2, -0.15) is 0 Å². The second-order valence-corrected chi connectivity index (χ2v) is 10.0. The molecule has 4 rings (SSSR count). The highest BCUT2D eigenvalue weighted by Gasteiger charge is 2.26. The number of amides is 1. The Hall–Kier alpha value is -2.74. The number of unbranched alkanes of at least 4 members (excludes halogenated alkanes) is 1. The minimum atomic E-state index is -1.82. The Morgan fingerprint density at radius 3 is 2.49 bits per heavy atom. The molecule has 1 fully saturated rings. The predicted molar refractivity (Wildman–Crippen MR) is 146 cm³/mol. The first-order valence-electron chi connectivity index (χ1n) is 11.5. The molecule has 3 aromatic rings. The zero-order valence-corrected chi connectivity index (χ0v) is 22.6. The summed E-state index contributed by atoms with van der Waals surface area (Å²) in [5, 5.41) is 23.0. The van der Waals surface area contributed by atoms with Crippen molar-refractivity contribution in [3.8, 4) is 0 Å². The van der Waals surface area contributed by atoms with E-state index in [0.717, 1.165) is 54.5 Å². The van der Waals surface area contributed by atoms with E-state index in [-0.39, 0.29) is 21.8 Å². The van der Waals surface area contributed by atoms with Crippen molar-refractivity contribution in [2.45, 2.75) is 22.9 Å². The average molecular weight is 645 g/mol. The van der Waals surface area contributed by atoms with Crippen LogP contribution in [-0.4, -0.2) is 68.3 Å². The minimum Gasteiger partial charge on any atom is -0.473 e. The van der Waals surface area contributed by atoms with Gasteiger partial charge in [0.15, 0.2) is 0 Å². The number of nitrogens with zero attached hydrogens (tertiary/aromatic N) is 1. The molecule has 1 aliphatic heterocycles. The lowest BCUT2D eigenvalue weighted by Gasteiger charge is -2.19. The summed E-state index contributed by atoms with van der Waals surface area (Å²) in [6.07, 6.45) is 4.06. The van der Waals surface area contributed by atoms with Crippen LogP contribution in [-0.2, 0) is 14.4 Å². The van der Waals surface area contributed by atoms with Crippen molar-refractivity contribution in [3.63, 3.8) is 0 Å². The molecule has 1 aliphatic rings. The largest absolute Gasteiger partial charge is 0.473 e. The van der Waals surface area contributed by atoms with E-state index in [2.05, 4.69) is 43.1 Å². The van der Waals surface area contributed by atoms with Gasteiger partial charge in [0.05, 0.1) is 6.54 Å². The van der Waals surface area contributed by atoms with E-state index in [1.165, 1.54) is 12.1 Å². The zero-order chi connectivity index (χ0) is 26.9. The smallest absolute Gasteiger partial charge is 0.414 e. The van der Waals surface area contributed by atoms with Crippen molar-refractivity contribution >= 4 is 62.9 Å². The predicted octanol–water partition coefficient (Wildman–Crippen LogP) is 3.77. The summed E-state index contributed by atoms with van der Waals surface area (Å²) in [4.78, 5) is 35.1. The highest BCUT2D eigenvalue weighted by atomic mass is 127. The number of alkyl halides is 1. The third-order valence-electron chi connectivity index (χ3n) is 5.85. The third kappa shape index (κ3) is 8.38. The molecular weight excluding hydrogens is 618 g/mol. The van der Waals surface area contributed by atoms with Gasteiger partial charge in [0.25, 0.3) is 0 Å². The fourth-order valence-corrected chi connectivity index (χ4v) is 5.04. The molecule has 12 heteroatoms. The van der Waals surface area contributed by atoms with Gasteiger partial charge in [-0.15, -0.1) is 0 Å². The Morgan fingerprint density at radius 2 is 1.86 bits per heavy atom. The molecule has 2 aromatic carbocycles. The Labute approximate surface area is 231 Å². The number of carbonyl (C=O) groups excluding carboxylic acids is 1. The van der Waals surface area contributed by atoms with Crippen LogP contribution in [0, 0.1) is 5.82 Å². The lowest BCUT2D eigenvalue weighted by Crippen LogP contribution is -2.31. The summed E-state index contributed by atoms with van der Waals surface area (Å²) in [5.74, 6) is -3.71. The Kier molecular flexibility index (Phi) is 10.7. The molecule has 37 heavy (non-hydrogen) atoms. The van der Waals surface area contributed by atoms with Crippen LogP contribution < -0.4 is 10.6 Å². The first kappa shape index (κ1) is 28.8. The van der Waals surface area contributed by atoms with Crippen molar-refractivity contribution in [3.05, 3.63) is 70.6 Å². The first-order valence-corrected chi connectivity index (χ1v) is 13.1. The molecule has 0 bridgehead atoms. The third-order valence-corrected chi connectivity index (χ3v) is 7.19. The van der Waals surface area contributed by atoms with E-state index in [4.69, 9.17) is 31.4 Å². The van der Waals surface area contributed by atoms with Gasteiger partial charge in [-0.3, -0.25) is 9.69 Å². The van der Waals surface area contributed by atoms with Gasteiger partial charge in [0.2, 0.25) is 5.91 Å². The Balaban J connectivity index is 0.000000568. The van der Waals surface area contributed by atoms with Gasteiger partial charge < -0.3 is 25.8 Å². The van der Waals surface area contributed by atoms with Crippen molar-refractivity contribution in [2.75, 3.05) is 26.2 Å². The Bertz CT molecular complexity index is 1230. The van der Waals surface area contributed by atoms with Gasteiger partial charge in [0, 0.05) is 41.1 Å². The molecular formula is C25H27ClFIN4O5. The molecule has 2 unspecified atom stereocenters. The fraction of sp³-hybridized carbons (Fsp3) is 0.320. The van der Waals surface area contributed by atoms with E-state index in [9.17, 15) is 9.18 Å². The minimum absolute atomic E-state index is 0.0759. The number of carboxylic acid groups (broad SMARTS) is 2. The molecule has 1 saturated heterocycles. The summed E-state index contributed by atoms with van der Waals surface area (Å²) in [5.41, 5.74) is 3.24. The van der Waals surface area contributed by atoms with Crippen LogP contribution in [0.25, 0.3) is 10.9 Å². The number of aromatic amines is 1. The number of benzene rings is 2.